The van der Waals surface area contributed by atoms with Crippen molar-refractivity contribution >= 4 is 31.7 Å². The highest BCUT2D eigenvalue weighted by Gasteiger charge is 2.49. The number of hydrogen-bond acceptors (Lipinski definition) is 5. The van der Waals surface area contributed by atoms with Gasteiger partial charge in [0.2, 0.25) is 0 Å². The number of hydrogen-bond donors (Lipinski definition) is 0. The van der Waals surface area contributed by atoms with E-state index in [-0.39, 0.29) is 26.3 Å². The van der Waals surface area contributed by atoms with Crippen LogP contribution in [0, 0.1) is 13.8 Å². The zero-order valence-corrected chi connectivity index (χ0v) is 14.8. The minimum atomic E-state index is -6.22. The predicted molar refractivity (Wildman–Crippen MR) is 93.0 cm³/mol. The molecule has 6 nitrogen and oxygen atoms in total. The Morgan fingerprint density at radius 2 is 1.22 bits per heavy atom. The molecular formula is C17H12F3NO5S. The Balaban J connectivity index is 2.58. The molecule has 0 spiro atoms. The summed E-state index contributed by atoms with van der Waals surface area (Å²) in [5.41, 5.74) is -7.24. The zero-order chi connectivity index (χ0) is 20.1. The van der Waals surface area contributed by atoms with Gasteiger partial charge in [0, 0.05) is 0 Å². The van der Waals surface area contributed by atoms with Crippen molar-refractivity contribution < 1.29 is 25.9 Å². The van der Waals surface area contributed by atoms with Crippen LogP contribution in [0.3, 0.4) is 0 Å². The summed E-state index contributed by atoms with van der Waals surface area (Å²) in [6.45, 7) is 3.27. The van der Waals surface area contributed by atoms with E-state index >= 15 is 0 Å². The molecule has 2 aromatic carbocycles. The third-order valence-electron chi connectivity index (χ3n) is 3.93. The number of nitrogens with zero attached hydrogens (tertiary/aromatic N) is 1. The first-order chi connectivity index (χ1) is 12.4. The van der Waals surface area contributed by atoms with Crippen LogP contribution in [0.2, 0.25) is 0 Å². The Morgan fingerprint density at radius 1 is 0.815 bits per heavy atom. The quantitative estimate of drug-likeness (QED) is 0.618. The average Bonchev–Trinajstić information content (AvgIpc) is 2.64. The van der Waals surface area contributed by atoms with E-state index in [4.69, 9.17) is 0 Å². The topological polar surface area (TPSA) is 82.4 Å². The van der Waals surface area contributed by atoms with Gasteiger partial charge in [0.1, 0.15) is 0 Å². The van der Waals surface area contributed by atoms with Gasteiger partial charge in [-0.2, -0.15) is 21.6 Å². The Bertz CT molecular complexity index is 1230. The van der Waals surface area contributed by atoms with Gasteiger partial charge >= 0.3 is 15.6 Å². The predicted octanol–water partition coefficient (Wildman–Crippen LogP) is 2.41. The number of halogens is 3. The van der Waals surface area contributed by atoms with E-state index in [0.29, 0.717) is 11.1 Å². The molecule has 0 aliphatic rings. The molecule has 0 aliphatic carbocycles. The second-order valence-corrected chi connectivity index (χ2v) is 7.50. The molecule has 3 aromatic rings. The summed E-state index contributed by atoms with van der Waals surface area (Å²) < 4.78 is 64.4. The Kier molecular flexibility index (Phi) is 4.26. The maximum absolute atomic E-state index is 12.7. The van der Waals surface area contributed by atoms with Crippen LogP contribution in [0.4, 0.5) is 13.2 Å². The number of aryl methyl sites for hydroxylation is 2. The van der Waals surface area contributed by atoms with Crippen molar-refractivity contribution in [2.75, 3.05) is 0 Å². The van der Waals surface area contributed by atoms with Crippen LogP contribution in [0.15, 0.2) is 46.0 Å². The van der Waals surface area contributed by atoms with Crippen LogP contribution in [-0.2, 0) is 10.1 Å². The number of aromatic nitrogens is 1. The minimum absolute atomic E-state index is 0.150. The molecule has 0 saturated carbocycles. The van der Waals surface area contributed by atoms with Gasteiger partial charge in [0.15, 0.2) is 0 Å². The molecule has 0 N–H and O–H groups in total. The van der Waals surface area contributed by atoms with Crippen molar-refractivity contribution in [2.45, 2.75) is 19.4 Å². The Hall–Kier alpha value is -2.88. The van der Waals surface area contributed by atoms with Gasteiger partial charge in [-0.15, -0.1) is 0 Å². The van der Waals surface area contributed by atoms with Crippen LogP contribution in [0.1, 0.15) is 11.1 Å². The van der Waals surface area contributed by atoms with Gasteiger partial charge in [-0.1, -0.05) is 40.1 Å². The molecule has 0 radical (unpaired) electrons. The SMILES string of the molecule is Cc1ccc2c(c1)c(=O)n(OS(=O)(=O)C(F)(F)F)c(=O)c1cc(C)ccc12. The fraction of sp³-hybridized carbons (Fsp3) is 0.176. The summed E-state index contributed by atoms with van der Waals surface area (Å²) in [4.78, 5) is 25.4. The molecule has 0 unspecified atom stereocenters. The number of alkyl halides is 3. The first-order valence-corrected chi connectivity index (χ1v) is 8.94. The summed E-state index contributed by atoms with van der Waals surface area (Å²) in [6.07, 6.45) is 0. The van der Waals surface area contributed by atoms with Crippen molar-refractivity contribution in [3.05, 3.63) is 68.2 Å². The highest BCUT2D eigenvalue weighted by Crippen LogP contribution is 2.24. The molecule has 27 heavy (non-hydrogen) atoms. The van der Waals surface area contributed by atoms with Crippen LogP contribution < -0.4 is 15.4 Å². The standard InChI is InChI=1S/C17H12F3NO5S/c1-9-3-5-11-12-6-4-10(2)8-14(12)16(23)21(15(22)13(11)7-9)26-27(24,25)17(18,19)20/h3-8H,1-2H3. The lowest BCUT2D eigenvalue weighted by atomic mass is 10.0. The summed E-state index contributed by atoms with van der Waals surface area (Å²) in [7, 11) is -6.22. The summed E-state index contributed by atoms with van der Waals surface area (Å²) in [5.74, 6) is 0. The second kappa shape index (κ2) is 6.08. The van der Waals surface area contributed by atoms with Crippen LogP contribution in [0.25, 0.3) is 21.5 Å². The summed E-state index contributed by atoms with van der Waals surface area (Å²) >= 11 is 0. The second-order valence-electron chi connectivity index (χ2n) is 5.98. The van der Waals surface area contributed by atoms with E-state index in [1.165, 1.54) is 24.3 Å². The van der Waals surface area contributed by atoms with Gasteiger partial charge in [0.05, 0.1) is 10.8 Å². The first kappa shape index (κ1) is 18.9. The summed E-state index contributed by atoms with van der Waals surface area (Å²) in [5, 5.41) is 0.264. The van der Waals surface area contributed by atoms with Gasteiger partial charge in [0.25, 0.3) is 11.1 Å². The van der Waals surface area contributed by atoms with Crippen molar-refractivity contribution in [3.63, 3.8) is 0 Å². The van der Waals surface area contributed by atoms with E-state index in [1.807, 2.05) is 0 Å². The highest BCUT2D eigenvalue weighted by molar-refractivity contribution is 7.87. The monoisotopic (exact) mass is 399 g/mol. The van der Waals surface area contributed by atoms with Crippen molar-refractivity contribution in [1.82, 2.24) is 4.73 Å². The molecule has 0 bridgehead atoms. The molecule has 3 rings (SSSR count). The number of fused-ring (bicyclic) bond motifs is 3. The largest absolute Gasteiger partial charge is 0.536 e. The Morgan fingerprint density at radius 3 is 1.59 bits per heavy atom. The average molecular weight is 399 g/mol. The molecule has 0 fully saturated rings. The first-order valence-electron chi connectivity index (χ1n) is 7.54. The van der Waals surface area contributed by atoms with E-state index in [9.17, 15) is 31.2 Å². The highest BCUT2D eigenvalue weighted by atomic mass is 32.2. The molecule has 0 amide bonds. The Labute approximate surface area is 150 Å². The van der Waals surface area contributed by atoms with E-state index in [2.05, 4.69) is 4.28 Å². The van der Waals surface area contributed by atoms with Crippen LogP contribution in [-0.4, -0.2) is 18.7 Å². The zero-order valence-electron chi connectivity index (χ0n) is 14.0. The molecule has 0 aliphatic heterocycles. The lowest BCUT2D eigenvalue weighted by Crippen LogP contribution is -2.43. The molecule has 0 atom stereocenters. The van der Waals surface area contributed by atoms with Gasteiger partial charge in [-0.25, -0.2) is 0 Å². The van der Waals surface area contributed by atoms with Gasteiger partial charge < -0.3 is 0 Å². The van der Waals surface area contributed by atoms with E-state index < -0.39 is 26.7 Å². The van der Waals surface area contributed by atoms with E-state index in [0.717, 1.165) is 0 Å². The minimum Gasteiger partial charge on any atom is -0.274 e. The fourth-order valence-electron chi connectivity index (χ4n) is 2.66. The molecule has 10 heteroatoms. The normalized spacial score (nSPS) is 12.5. The lowest BCUT2D eigenvalue weighted by Gasteiger charge is -2.08. The number of benzene rings is 2. The maximum atomic E-state index is 12.7. The van der Waals surface area contributed by atoms with Crippen LogP contribution in [0.5, 0.6) is 0 Å². The van der Waals surface area contributed by atoms with Crippen molar-refractivity contribution in [2.24, 2.45) is 0 Å². The third-order valence-corrected chi connectivity index (χ3v) is 4.84. The van der Waals surface area contributed by atoms with Crippen LogP contribution >= 0.6 is 0 Å². The third kappa shape index (κ3) is 3.16. The molecule has 142 valence electrons. The van der Waals surface area contributed by atoms with Gasteiger partial charge in [-0.05, 0) is 36.8 Å². The van der Waals surface area contributed by atoms with Crippen molar-refractivity contribution in [1.29, 1.82) is 0 Å². The summed E-state index contributed by atoms with van der Waals surface area (Å²) in [6, 6.07) is 9.07. The maximum Gasteiger partial charge on any atom is 0.536 e. The molecule has 1 heterocycles. The van der Waals surface area contributed by atoms with Crippen molar-refractivity contribution in [3.8, 4) is 0 Å². The fourth-order valence-corrected chi connectivity index (χ4v) is 3.08. The van der Waals surface area contributed by atoms with E-state index in [1.54, 1.807) is 26.0 Å². The van der Waals surface area contributed by atoms with Gasteiger partial charge in [-0.3, -0.25) is 13.9 Å². The lowest BCUT2D eigenvalue weighted by molar-refractivity contribution is -0.0551. The molecular weight excluding hydrogens is 387 g/mol. The number of rotatable bonds is 2. The smallest absolute Gasteiger partial charge is 0.274 e. The molecule has 0 saturated heterocycles. The molecule has 1 aromatic heterocycles.